The number of aliphatic hydroxyl groups excluding tert-OH is 1. The van der Waals surface area contributed by atoms with Gasteiger partial charge in [0.05, 0.1) is 51.8 Å². The van der Waals surface area contributed by atoms with Gasteiger partial charge in [0.2, 0.25) is 0 Å². The summed E-state index contributed by atoms with van der Waals surface area (Å²) in [5.74, 6) is 0. The summed E-state index contributed by atoms with van der Waals surface area (Å²) in [5.41, 5.74) is -0.704. The van der Waals surface area contributed by atoms with E-state index >= 15 is 0 Å². The molecule has 224 valence electrons. The monoisotopic (exact) mass is 530 g/mol. The Balaban J connectivity index is 4.05. The quantitative estimate of drug-likeness (QED) is 0.0855. The van der Waals surface area contributed by atoms with Crippen LogP contribution in [0.25, 0.3) is 0 Å². The smallest absolute Gasteiger partial charge is 0.0880 e. The summed E-state index contributed by atoms with van der Waals surface area (Å²) in [4.78, 5) is 0. The molecule has 37 heavy (non-hydrogen) atoms. The molecule has 0 atom stereocenters. The van der Waals surface area contributed by atoms with Crippen molar-refractivity contribution in [3.8, 4) is 0 Å². The lowest BCUT2D eigenvalue weighted by Crippen LogP contribution is -2.35. The molecular formula is C32H66O5. The van der Waals surface area contributed by atoms with Gasteiger partial charge in [-0.1, -0.05) is 142 Å². The largest absolute Gasteiger partial charge is 0.394 e. The fourth-order valence-electron chi connectivity index (χ4n) is 4.92. The van der Waals surface area contributed by atoms with E-state index in [1.54, 1.807) is 0 Å². The van der Waals surface area contributed by atoms with E-state index in [1.807, 2.05) is 0 Å². The highest BCUT2D eigenvalue weighted by molar-refractivity contribution is 4.78. The molecule has 0 aliphatic carbocycles. The molecule has 0 saturated carbocycles. The van der Waals surface area contributed by atoms with Crippen LogP contribution in [0.15, 0.2) is 0 Å². The van der Waals surface area contributed by atoms with Gasteiger partial charge in [0, 0.05) is 0 Å². The second-order valence-electron chi connectivity index (χ2n) is 11.1. The van der Waals surface area contributed by atoms with Crippen LogP contribution in [0.1, 0.15) is 155 Å². The second-order valence-corrected chi connectivity index (χ2v) is 11.1. The molecule has 2 N–H and O–H groups in total. The molecule has 5 nitrogen and oxygen atoms in total. The molecule has 0 saturated heterocycles. The zero-order chi connectivity index (χ0) is 27.1. The molecular weight excluding hydrogens is 464 g/mol. The van der Waals surface area contributed by atoms with Gasteiger partial charge in [-0.3, -0.25) is 0 Å². The molecule has 0 heterocycles. The Labute approximate surface area is 231 Å². The van der Waals surface area contributed by atoms with Gasteiger partial charge in [0.15, 0.2) is 0 Å². The Hall–Kier alpha value is -0.200. The van der Waals surface area contributed by atoms with Gasteiger partial charge in [-0.15, -0.1) is 0 Å². The SMILES string of the molecule is CCCCCCCCCCCCC(O)(CCCCCCCCCCCC)COCCOCCOCCO. The first kappa shape index (κ1) is 36.8. The summed E-state index contributed by atoms with van der Waals surface area (Å²) >= 11 is 0. The molecule has 5 heteroatoms. The van der Waals surface area contributed by atoms with Crippen LogP contribution in [0.5, 0.6) is 0 Å². The maximum atomic E-state index is 11.3. The lowest BCUT2D eigenvalue weighted by Gasteiger charge is -2.28. The standard InChI is InChI=1S/C32H66O5/c1-3-5-7-9-11-13-15-17-19-21-23-32(34,31-37-30-29-36-28-27-35-26-25-33)24-22-20-18-16-14-12-10-8-6-4-2/h33-34H,3-31H2,1-2H3. The molecule has 0 aromatic heterocycles. The fraction of sp³-hybridized carbons (Fsp3) is 1.00. The average Bonchev–Trinajstić information content (AvgIpc) is 2.90. The third kappa shape index (κ3) is 28.6. The van der Waals surface area contributed by atoms with Gasteiger partial charge in [0.25, 0.3) is 0 Å². The van der Waals surface area contributed by atoms with Crippen molar-refractivity contribution in [3.63, 3.8) is 0 Å². The van der Waals surface area contributed by atoms with Crippen molar-refractivity contribution in [3.05, 3.63) is 0 Å². The van der Waals surface area contributed by atoms with E-state index in [-0.39, 0.29) is 6.61 Å². The molecule has 0 unspecified atom stereocenters. The van der Waals surface area contributed by atoms with Crippen molar-refractivity contribution in [2.75, 3.05) is 46.2 Å². The van der Waals surface area contributed by atoms with Gasteiger partial charge in [-0.25, -0.2) is 0 Å². The maximum absolute atomic E-state index is 11.3. The van der Waals surface area contributed by atoms with E-state index in [4.69, 9.17) is 19.3 Å². The minimum Gasteiger partial charge on any atom is -0.394 e. The lowest BCUT2D eigenvalue weighted by molar-refractivity contribution is -0.0720. The van der Waals surface area contributed by atoms with E-state index in [0.717, 1.165) is 25.7 Å². The predicted octanol–water partition coefficient (Wildman–Crippen LogP) is 8.38. The Kier molecular flexibility index (Phi) is 30.2. The minimum absolute atomic E-state index is 0.0415. The molecule has 0 aliphatic heterocycles. The zero-order valence-electron chi connectivity index (χ0n) is 25.1. The highest BCUT2D eigenvalue weighted by Gasteiger charge is 2.26. The number of hydrogen-bond acceptors (Lipinski definition) is 5. The molecule has 0 aliphatic rings. The Bertz CT molecular complexity index is 394. The number of rotatable bonds is 32. The third-order valence-corrected chi connectivity index (χ3v) is 7.34. The van der Waals surface area contributed by atoms with Crippen molar-refractivity contribution in [1.29, 1.82) is 0 Å². The summed E-state index contributed by atoms with van der Waals surface area (Å²) in [5, 5.41) is 20.1. The van der Waals surface area contributed by atoms with Crippen LogP contribution < -0.4 is 0 Å². The minimum atomic E-state index is -0.704. The maximum Gasteiger partial charge on any atom is 0.0880 e. The van der Waals surface area contributed by atoms with E-state index in [0.29, 0.717) is 39.6 Å². The topological polar surface area (TPSA) is 68.2 Å². The van der Waals surface area contributed by atoms with Crippen LogP contribution in [0.4, 0.5) is 0 Å². The van der Waals surface area contributed by atoms with E-state index in [2.05, 4.69) is 13.8 Å². The molecule has 0 aromatic rings. The first-order valence-electron chi connectivity index (χ1n) is 16.2. The fourth-order valence-corrected chi connectivity index (χ4v) is 4.92. The van der Waals surface area contributed by atoms with Crippen molar-refractivity contribution in [2.24, 2.45) is 0 Å². The van der Waals surface area contributed by atoms with Gasteiger partial charge in [-0.2, -0.15) is 0 Å². The Morgan fingerprint density at radius 3 is 1.14 bits per heavy atom. The first-order chi connectivity index (χ1) is 18.2. The van der Waals surface area contributed by atoms with Gasteiger partial charge in [0.1, 0.15) is 0 Å². The number of ether oxygens (including phenoxy) is 3. The number of unbranched alkanes of at least 4 members (excludes halogenated alkanes) is 18. The van der Waals surface area contributed by atoms with E-state index in [1.165, 1.54) is 116 Å². The summed E-state index contributed by atoms with van der Waals surface area (Å²) in [6.07, 6.45) is 28.0. The van der Waals surface area contributed by atoms with Crippen LogP contribution in [0.2, 0.25) is 0 Å². The lowest BCUT2D eigenvalue weighted by atomic mass is 9.90. The van der Waals surface area contributed by atoms with E-state index < -0.39 is 5.60 Å². The van der Waals surface area contributed by atoms with Crippen LogP contribution in [-0.4, -0.2) is 62.1 Å². The molecule has 0 aromatic carbocycles. The summed E-state index contributed by atoms with van der Waals surface area (Å²) < 4.78 is 16.6. The van der Waals surface area contributed by atoms with Crippen LogP contribution in [0, 0.1) is 0 Å². The Morgan fingerprint density at radius 2 is 0.757 bits per heavy atom. The zero-order valence-corrected chi connectivity index (χ0v) is 25.1. The first-order valence-corrected chi connectivity index (χ1v) is 16.2. The van der Waals surface area contributed by atoms with Crippen molar-refractivity contribution in [1.82, 2.24) is 0 Å². The normalized spacial score (nSPS) is 12.0. The third-order valence-electron chi connectivity index (χ3n) is 7.34. The molecule has 0 amide bonds. The molecule has 0 radical (unpaired) electrons. The van der Waals surface area contributed by atoms with Gasteiger partial charge in [-0.05, 0) is 12.8 Å². The molecule has 0 spiro atoms. The predicted molar refractivity (Wildman–Crippen MR) is 157 cm³/mol. The van der Waals surface area contributed by atoms with Crippen LogP contribution in [0.3, 0.4) is 0 Å². The van der Waals surface area contributed by atoms with Gasteiger partial charge < -0.3 is 24.4 Å². The average molecular weight is 531 g/mol. The van der Waals surface area contributed by atoms with Crippen molar-refractivity contribution >= 4 is 0 Å². The van der Waals surface area contributed by atoms with Gasteiger partial charge >= 0.3 is 0 Å². The highest BCUT2D eigenvalue weighted by atomic mass is 16.5. The van der Waals surface area contributed by atoms with Crippen molar-refractivity contribution < 1.29 is 24.4 Å². The van der Waals surface area contributed by atoms with Crippen molar-refractivity contribution in [2.45, 2.75) is 161 Å². The summed E-state index contributed by atoms with van der Waals surface area (Å²) in [6, 6.07) is 0. The second kappa shape index (κ2) is 30.3. The highest BCUT2D eigenvalue weighted by Crippen LogP contribution is 2.24. The summed E-state index contributed by atoms with van der Waals surface area (Å²) in [6.45, 7) is 7.35. The van der Waals surface area contributed by atoms with Crippen LogP contribution in [-0.2, 0) is 14.2 Å². The molecule has 0 rings (SSSR count). The summed E-state index contributed by atoms with van der Waals surface area (Å²) in [7, 11) is 0. The van der Waals surface area contributed by atoms with Crippen LogP contribution >= 0.6 is 0 Å². The number of aliphatic hydroxyl groups is 2. The van der Waals surface area contributed by atoms with E-state index in [9.17, 15) is 5.11 Å². The number of hydrogen-bond donors (Lipinski definition) is 2. The molecule has 0 bridgehead atoms. The Morgan fingerprint density at radius 1 is 0.432 bits per heavy atom. The molecule has 0 fully saturated rings.